The smallest absolute Gasteiger partial charge is 0.332 e. The van der Waals surface area contributed by atoms with Crippen LogP contribution in [0, 0.1) is 0 Å². The van der Waals surface area contributed by atoms with Gasteiger partial charge in [0, 0.05) is 27.2 Å². The van der Waals surface area contributed by atoms with Crippen molar-refractivity contribution in [1.29, 1.82) is 0 Å². The summed E-state index contributed by atoms with van der Waals surface area (Å²) < 4.78 is 4.28. The SMILES string of the molecule is Cn1c(=O)c2c(ncn2CCCNCC(O)C2=CCCCC2)n(C)c1=O. The van der Waals surface area contributed by atoms with E-state index >= 15 is 0 Å². The van der Waals surface area contributed by atoms with E-state index in [1.807, 2.05) is 0 Å². The van der Waals surface area contributed by atoms with Crippen molar-refractivity contribution < 1.29 is 5.11 Å². The first kappa shape index (κ1) is 18.6. The van der Waals surface area contributed by atoms with Gasteiger partial charge in [-0.25, -0.2) is 9.78 Å². The molecule has 3 rings (SSSR count). The van der Waals surface area contributed by atoms with Crippen LogP contribution < -0.4 is 16.6 Å². The number of aliphatic hydroxyl groups is 1. The summed E-state index contributed by atoms with van der Waals surface area (Å²) in [6.45, 7) is 1.90. The molecule has 2 N–H and O–H groups in total. The summed E-state index contributed by atoms with van der Waals surface area (Å²) in [7, 11) is 3.09. The molecule has 0 saturated carbocycles. The van der Waals surface area contributed by atoms with Crippen molar-refractivity contribution in [3.8, 4) is 0 Å². The molecule has 8 nitrogen and oxygen atoms in total. The quantitative estimate of drug-likeness (QED) is 0.546. The molecule has 0 amide bonds. The van der Waals surface area contributed by atoms with Crippen LogP contribution in [0.15, 0.2) is 27.6 Å². The third-order valence-electron chi connectivity index (χ3n) is 5.06. The average Bonchev–Trinajstić information content (AvgIpc) is 3.09. The van der Waals surface area contributed by atoms with Gasteiger partial charge in [-0.3, -0.25) is 13.9 Å². The van der Waals surface area contributed by atoms with Crippen LogP contribution in [0.4, 0.5) is 0 Å². The number of rotatable bonds is 7. The summed E-state index contributed by atoms with van der Waals surface area (Å²) in [4.78, 5) is 28.5. The predicted octanol–water partition coefficient (Wildman–Crippen LogP) is 0.275. The second-order valence-electron chi connectivity index (χ2n) is 6.91. The fraction of sp³-hybridized carbons (Fsp3) is 0.611. The van der Waals surface area contributed by atoms with Gasteiger partial charge in [0.05, 0.1) is 12.4 Å². The summed E-state index contributed by atoms with van der Waals surface area (Å²) in [6, 6.07) is 0. The zero-order chi connectivity index (χ0) is 18.7. The van der Waals surface area contributed by atoms with Crippen LogP contribution in [0.3, 0.4) is 0 Å². The van der Waals surface area contributed by atoms with Crippen molar-refractivity contribution in [2.45, 2.75) is 44.8 Å². The molecular weight excluding hydrogens is 334 g/mol. The summed E-state index contributed by atoms with van der Waals surface area (Å²) in [5.74, 6) is 0. The van der Waals surface area contributed by atoms with Gasteiger partial charge in [-0.05, 0) is 44.2 Å². The van der Waals surface area contributed by atoms with E-state index in [1.165, 1.54) is 18.0 Å². The zero-order valence-electron chi connectivity index (χ0n) is 15.4. The molecule has 2 aromatic heterocycles. The van der Waals surface area contributed by atoms with Gasteiger partial charge in [0.1, 0.15) is 0 Å². The fourth-order valence-electron chi connectivity index (χ4n) is 3.48. The third-order valence-corrected chi connectivity index (χ3v) is 5.06. The minimum atomic E-state index is -0.411. The van der Waals surface area contributed by atoms with Crippen LogP contribution in [0.25, 0.3) is 11.2 Å². The van der Waals surface area contributed by atoms with E-state index in [0.29, 0.717) is 24.3 Å². The first-order valence-electron chi connectivity index (χ1n) is 9.19. The number of nitrogens with zero attached hydrogens (tertiary/aromatic N) is 4. The standard InChI is InChI=1S/C18H27N5O3/c1-21-16-15(17(25)22(2)18(21)26)23(12-20-16)10-6-9-19-11-14(24)13-7-4-3-5-8-13/h7,12,14,19,24H,3-6,8-11H2,1-2H3. The van der Waals surface area contributed by atoms with Crippen molar-refractivity contribution in [3.05, 3.63) is 38.8 Å². The molecule has 1 atom stereocenters. The summed E-state index contributed by atoms with van der Waals surface area (Å²) in [6.07, 6.45) is 8.58. The lowest BCUT2D eigenvalue weighted by Gasteiger charge is -2.19. The van der Waals surface area contributed by atoms with Crippen LogP contribution in [0.1, 0.15) is 32.1 Å². The lowest BCUT2D eigenvalue weighted by molar-refractivity contribution is 0.200. The van der Waals surface area contributed by atoms with Gasteiger partial charge in [0.2, 0.25) is 0 Å². The molecule has 0 saturated heterocycles. The van der Waals surface area contributed by atoms with Gasteiger partial charge >= 0.3 is 5.69 Å². The van der Waals surface area contributed by atoms with E-state index in [-0.39, 0.29) is 11.2 Å². The number of hydrogen-bond acceptors (Lipinski definition) is 5. The molecule has 26 heavy (non-hydrogen) atoms. The first-order valence-corrected chi connectivity index (χ1v) is 9.19. The van der Waals surface area contributed by atoms with E-state index in [2.05, 4.69) is 16.4 Å². The summed E-state index contributed by atoms with van der Waals surface area (Å²) in [5, 5.41) is 13.5. The Labute approximate surface area is 151 Å². The number of fused-ring (bicyclic) bond motifs is 1. The molecule has 2 aromatic rings. The topological polar surface area (TPSA) is 94.1 Å². The average molecular weight is 361 g/mol. The van der Waals surface area contributed by atoms with Crippen LogP contribution in [-0.2, 0) is 20.6 Å². The van der Waals surface area contributed by atoms with Gasteiger partial charge in [-0.15, -0.1) is 0 Å². The first-order chi connectivity index (χ1) is 12.5. The second kappa shape index (κ2) is 8.01. The maximum Gasteiger partial charge on any atom is 0.332 e. The third kappa shape index (κ3) is 3.66. The highest BCUT2D eigenvalue weighted by Gasteiger charge is 2.14. The highest BCUT2D eigenvalue weighted by molar-refractivity contribution is 5.69. The van der Waals surface area contributed by atoms with Crippen molar-refractivity contribution in [3.63, 3.8) is 0 Å². The molecule has 142 valence electrons. The Balaban J connectivity index is 1.57. The number of aryl methyl sites for hydroxylation is 2. The van der Waals surface area contributed by atoms with Crippen LogP contribution >= 0.6 is 0 Å². The Morgan fingerprint density at radius 1 is 1.27 bits per heavy atom. The largest absolute Gasteiger partial charge is 0.387 e. The number of hydrogen-bond donors (Lipinski definition) is 2. The number of imidazole rings is 1. The Hall–Kier alpha value is -2.19. The molecular formula is C18H27N5O3. The molecule has 1 unspecified atom stereocenters. The fourth-order valence-corrected chi connectivity index (χ4v) is 3.48. The van der Waals surface area contributed by atoms with Gasteiger partial charge in [0.15, 0.2) is 11.2 Å². The van der Waals surface area contributed by atoms with E-state index < -0.39 is 6.10 Å². The maximum absolute atomic E-state index is 12.4. The minimum Gasteiger partial charge on any atom is -0.387 e. The predicted molar refractivity (Wildman–Crippen MR) is 100 cm³/mol. The molecule has 0 aromatic carbocycles. The molecule has 8 heteroatoms. The van der Waals surface area contributed by atoms with E-state index in [4.69, 9.17) is 0 Å². The number of aromatic nitrogens is 4. The monoisotopic (exact) mass is 361 g/mol. The molecule has 1 aliphatic carbocycles. The highest BCUT2D eigenvalue weighted by Crippen LogP contribution is 2.19. The molecule has 0 bridgehead atoms. The Morgan fingerprint density at radius 2 is 2.08 bits per heavy atom. The summed E-state index contributed by atoms with van der Waals surface area (Å²) >= 11 is 0. The Morgan fingerprint density at radius 3 is 2.81 bits per heavy atom. The van der Waals surface area contributed by atoms with Crippen LogP contribution in [0.5, 0.6) is 0 Å². The molecule has 1 aliphatic rings. The molecule has 0 aliphatic heterocycles. The van der Waals surface area contributed by atoms with Crippen molar-refractivity contribution >= 4 is 11.2 Å². The minimum absolute atomic E-state index is 0.326. The maximum atomic E-state index is 12.4. The van der Waals surface area contributed by atoms with Gasteiger partial charge < -0.3 is 15.0 Å². The molecule has 0 radical (unpaired) electrons. The number of aliphatic hydroxyl groups excluding tert-OH is 1. The lowest BCUT2D eigenvalue weighted by atomic mass is 9.95. The number of allylic oxidation sites excluding steroid dienone is 1. The van der Waals surface area contributed by atoms with Crippen LogP contribution in [-0.4, -0.2) is 43.0 Å². The Kier molecular flexibility index (Phi) is 5.73. The van der Waals surface area contributed by atoms with E-state index in [9.17, 15) is 14.7 Å². The zero-order valence-corrected chi connectivity index (χ0v) is 15.4. The van der Waals surface area contributed by atoms with Crippen LogP contribution in [0.2, 0.25) is 0 Å². The Bertz CT molecular complexity index is 921. The highest BCUT2D eigenvalue weighted by atomic mass is 16.3. The second-order valence-corrected chi connectivity index (χ2v) is 6.91. The van der Waals surface area contributed by atoms with Crippen molar-refractivity contribution in [1.82, 2.24) is 24.0 Å². The molecule has 0 fully saturated rings. The van der Waals surface area contributed by atoms with Gasteiger partial charge in [-0.2, -0.15) is 0 Å². The molecule has 2 heterocycles. The lowest BCUT2D eigenvalue weighted by Crippen LogP contribution is -2.37. The van der Waals surface area contributed by atoms with Crippen molar-refractivity contribution in [2.75, 3.05) is 13.1 Å². The summed E-state index contributed by atoms with van der Waals surface area (Å²) in [5.41, 5.74) is 1.30. The van der Waals surface area contributed by atoms with E-state index in [0.717, 1.165) is 42.4 Å². The van der Waals surface area contributed by atoms with Crippen molar-refractivity contribution in [2.24, 2.45) is 14.1 Å². The number of nitrogens with one attached hydrogen (secondary N) is 1. The van der Waals surface area contributed by atoms with E-state index in [1.54, 1.807) is 17.9 Å². The normalized spacial score (nSPS) is 16.0. The van der Waals surface area contributed by atoms with Gasteiger partial charge in [0.25, 0.3) is 5.56 Å². The molecule has 0 spiro atoms. The van der Waals surface area contributed by atoms with Gasteiger partial charge in [-0.1, -0.05) is 6.08 Å².